The fraction of sp³-hybridized carbons (Fsp3) is 0.269. The normalized spacial score (nSPS) is 11.1. The number of benzene rings is 2. The summed E-state index contributed by atoms with van der Waals surface area (Å²) in [6.45, 7) is 5.49. The van der Waals surface area contributed by atoms with Crippen LogP contribution in [0.4, 0.5) is 5.82 Å². The highest BCUT2D eigenvalue weighted by molar-refractivity contribution is 5.95. The first kappa shape index (κ1) is 24.0. The fourth-order valence-corrected chi connectivity index (χ4v) is 4.25. The number of anilines is 1. The summed E-state index contributed by atoms with van der Waals surface area (Å²) in [5.74, 6) is 0.740. The molecule has 0 bridgehead atoms. The minimum absolute atomic E-state index is 0.273. The van der Waals surface area contributed by atoms with Crippen LogP contribution in [0.5, 0.6) is 0 Å². The maximum absolute atomic E-state index is 12.8. The van der Waals surface area contributed by atoms with Crippen LogP contribution < -0.4 is 4.90 Å². The van der Waals surface area contributed by atoms with E-state index in [4.69, 9.17) is 4.74 Å². The highest BCUT2D eigenvalue weighted by atomic mass is 16.5. The number of rotatable bonds is 10. The first-order valence-electron chi connectivity index (χ1n) is 12.2. The number of nitrogens with zero attached hydrogens (tertiary/aromatic N) is 8. The number of H-pyrrole nitrogens is 1. The second-order valence-electron chi connectivity index (χ2n) is 8.47. The van der Waals surface area contributed by atoms with E-state index < -0.39 is 5.97 Å². The van der Waals surface area contributed by atoms with Gasteiger partial charge in [-0.2, -0.15) is 9.73 Å². The van der Waals surface area contributed by atoms with Crippen molar-refractivity contribution in [1.29, 1.82) is 0 Å². The Kier molecular flexibility index (Phi) is 7.11. The molecule has 11 nitrogen and oxygen atoms in total. The molecule has 188 valence electrons. The van der Waals surface area contributed by atoms with E-state index in [2.05, 4.69) is 72.0 Å². The molecule has 0 fully saturated rings. The molecule has 3 aromatic heterocycles. The fourth-order valence-electron chi connectivity index (χ4n) is 4.25. The van der Waals surface area contributed by atoms with Crippen molar-refractivity contribution < 1.29 is 9.53 Å². The van der Waals surface area contributed by atoms with Crippen molar-refractivity contribution in [3.8, 4) is 22.5 Å². The number of carbonyl (C=O) groups is 1. The number of aromatic amines is 1. The molecule has 5 aromatic rings. The summed E-state index contributed by atoms with van der Waals surface area (Å²) in [5, 5.41) is 22.7. The van der Waals surface area contributed by atoms with Crippen LogP contribution in [0.15, 0.2) is 60.9 Å². The number of unbranched alkanes of at least 4 members (excludes halogenated alkanes) is 1. The maximum atomic E-state index is 12.8. The van der Waals surface area contributed by atoms with Crippen molar-refractivity contribution in [2.24, 2.45) is 0 Å². The van der Waals surface area contributed by atoms with Crippen molar-refractivity contribution in [2.45, 2.75) is 33.2 Å². The molecular formula is C26H27N9O2. The number of nitrogens with one attached hydrogen (secondary N) is 1. The largest absolute Gasteiger partial charge is 0.462 e. The number of ether oxygens (including phenoxy) is 1. The molecule has 1 N–H and O–H groups in total. The van der Waals surface area contributed by atoms with E-state index in [0.29, 0.717) is 29.4 Å². The Bertz CT molecular complexity index is 1480. The van der Waals surface area contributed by atoms with Gasteiger partial charge in [-0.15, -0.1) is 15.3 Å². The van der Waals surface area contributed by atoms with Gasteiger partial charge in [-0.3, -0.25) is 0 Å². The molecule has 0 saturated heterocycles. The third-order valence-corrected chi connectivity index (χ3v) is 6.03. The van der Waals surface area contributed by atoms with E-state index in [-0.39, 0.29) is 6.61 Å². The highest BCUT2D eigenvalue weighted by Gasteiger charge is 2.23. The van der Waals surface area contributed by atoms with Crippen LogP contribution in [0.3, 0.4) is 0 Å². The van der Waals surface area contributed by atoms with E-state index >= 15 is 0 Å². The van der Waals surface area contributed by atoms with Gasteiger partial charge in [0, 0.05) is 24.8 Å². The van der Waals surface area contributed by atoms with Gasteiger partial charge in [0.25, 0.3) is 0 Å². The van der Waals surface area contributed by atoms with Crippen molar-refractivity contribution in [1.82, 2.24) is 40.4 Å². The lowest BCUT2D eigenvalue weighted by Gasteiger charge is -2.26. The molecule has 0 aliphatic rings. The van der Waals surface area contributed by atoms with Crippen molar-refractivity contribution in [2.75, 3.05) is 18.1 Å². The van der Waals surface area contributed by atoms with Crippen LogP contribution >= 0.6 is 0 Å². The average molecular weight is 498 g/mol. The SMILES string of the molecule is CCCCN(Cc1ccc(-c2ccccc2-c2nn[nH]n2)cc1)c1c(C(=O)OCC)cnc2cnnn12. The molecule has 0 radical (unpaired) electrons. The molecule has 0 spiro atoms. The molecule has 0 atom stereocenters. The Labute approximate surface area is 213 Å². The van der Waals surface area contributed by atoms with Crippen LogP contribution in [-0.2, 0) is 11.3 Å². The predicted octanol–water partition coefficient (Wildman–Crippen LogP) is 3.95. The molecular weight excluding hydrogens is 470 g/mol. The second-order valence-corrected chi connectivity index (χ2v) is 8.47. The summed E-state index contributed by atoms with van der Waals surface area (Å²) in [7, 11) is 0. The number of esters is 1. The lowest BCUT2D eigenvalue weighted by atomic mass is 9.98. The Morgan fingerprint density at radius 1 is 1.05 bits per heavy atom. The molecule has 2 aromatic carbocycles. The molecule has 0 aliphatic heterocycles. The van der Waals surface area contributed by atoms with Gasteiger partial charge in [-0.1, -0.05) is 67.1 Å². The minimum atomic E-state index is -0.433. The zero-order valence-corrected chi connectivity index (χ0v) is 20.7. The molecule has 0 amide bonds. The van der Waals surface area contributed by atoms with Gasteiger partial charge >= 0.3 is 5.97 Å². The van der Waals surface area contributed by atoms with Gasteiger partial charge in [0.15, 0.2) is 11.5 Å². The van der Waals surface area contributed by atoms with E-state index in [0.717, 1.165) is 41.6 Å². The number of hydrogen-bond acceptors (Lipinski definition) is 9. The number of hydrogen-bond donors (Lipinski definition) is 1. The standard InChI is InChI=1S/C26H27N9O2/c1-3-5-14-34(25-22(26(36)37-4-2)15-27-23-16-28-33-35(23)25)17-18-10-12-19(13-11-18)20-8-6-7-9-21(20)24-29-31-32-30-24/h6-13,15-16H,3-5,14,17H2,1-2H3,(H,29,30,31,32). The van der Waals surface area contributed by atoms with E-state index in [1.165, 1.54) is 0 Å². The van der Waals surface area contributed by atoms with Crippen molar-refractivity contribution >= 4 is 17.4 Å². The van der Waals surface area contributed by atoms with Crippen molar-refractivity contribution in [3.63, 3.8) is 0 Å². The molecule has 37 heavy (non-hydrogen) atoms. The van der Waals surface area contributed by atoms with Gasteiger partial charge in [0.1, 0.15) is 5.56 Å². The van der Waals surface area contributed by atoms with E-state index in [9.17, 15) is 4.79 Å². The third-order valence-electron chi connectivity index (χ3n) is 6.03. The van der Waals surface area contributed by atoms with Crippen LogP contribution in [-0.4, -0.2) is 59.6 Å². The van der Waals surface area contributed by atoms with Gasteiger partial charge in [-0.25, -0.2) is 9.78 Å². The lowest BCUT2D eigenvalue weighted by Crippen LogP contribution is -2.29. The first-order valence-corrected chi connectivity index (χ1v) is 12.2. The highest BCUT2D eigenvalue weighted by Crippen LogP contribution is 2.30. The number of fused-ring (bicyclic) bond motifs is 1. The molecule has 11 heteroatoms. The summed E-state index contributed by atoms with van der Waals surface area (Å²) in [4.78, 5) is 19.3. The lowest BCUT2D eigenvalue weighted by molar-refractivity contribution is 0.0526. The van der Waals surface area contributed by atoms with E-state index in [1.807, 2.05) is 24.3 Å². The molecule has 0 saturated carbocycles. The summed E-state index contributed by atoms with van der Waals surface area (Å²) in [6, 6.07) is 16.3. The van der Waals surface area contributed by atoms with Crippen LogP contribution in [0, 0.1) is 0 Å². The first-order chi connectivity index (χ1) is 18.2. The van der Waals surface area contributed by atoms with Gasteiger partial charge in [0.2, 0.25) is 5.82 Å². The van der Waals surface area contributed by atoms with Gasteiger partial charge in [-0.05, 0) is 35.2 Å². The molecule has 0 unspecified atom stereocenters. The maximum Gasteiger partial charge on any atom is 0.343 e. The molecule has 0 aliphatic carbocycles. The molecule has 5 rings (SSSR count). The quantitative estimate of drug-likeness (QED) is 0.285. The smallest absolute Gasteiger partial charge is 0.343 e. The number of tetrazole rings is 1. The van der Waals surface area contributed by atoms with Crippen LogP contribution in [0.25, 0.3) is 28.2 Å². The summed E-state index contributed by atoms with van der Waals surface area (Å²) < 4.78 is 6.93. The van der Waals surface area contributed by atoms with Crippen LogP contribution in [0.2, 0.25) is 0 Å². The Morgan fingerprint density at radius 2 is 1.86 bits per heavy atom. The predicted molar refractivity (Wildman–Crippen MR) is 138 cm³/mol. The van der Waals surface area contributed by atoms with Gasteiger partial charge < -0.3 is 9.64 Å². The average Bonchev–Trinajstić information content (AvgIpc) is 3.64. The number of aromatic nitrogens is 8. The number of carbonyl (C=O) groups excluding carboxylic acids is 1. The summed E-state index contributed by atoms with van der Waals surface area (Å²) >= 11 is 0. The Hall–Kier alpha value is -4.67. The zero-order chi connectivity index (χ0) is 25.6. The topological polar surface area (TPSA) is 127 Å². The Morgan fingerprint density at radius 3 is 2.59 bits per heavy atom. The molecule has 3 heterocycles. The summed E-state index contributed by atoms with van der Waals surface area (Å²) in [6.07, 6.45) is 5.06. The third kappa shape index (κ3) is 5.01. The zero-order valence-electron chi connectivity index (χ0n) is 20.7. The van der Waals surface area contributed by atoms with Gasteiger partial charge in [0.05, 0.1) is 12.8 Å². The van der Waals surface area contributed by atoms with Crippen molar-refractivity contribution in [3.05, 3.63) is 72.1 Å². The van der Waals surface area contributed by atoms with E-state index in [1.54, 1.807) is 23.8 Å². The monoisotopic (exact) mass is 497 g/mol. The Balaban J connectivity index is 1.49. The minimum Gasteiger partial charge on any atom is -0.462 e. The summed E-state index contributed by atoms with van der Waals surface area (Å²) in [5.41, 5.74) is 4.97. The second kappa shape index (κ2) is 10.9. The van der Waals surface area contributed by atoms with Crippen LogP contribution in [0.1, 0.15) is 42.6 Å².